The number of rotatable bonds is 1. The molecule has 0 aliphatic rings. The zero-order valence-electron chi connectivity index (χ0n) is 3.94. The molecule has 0 bridgehead atoms. The van der Waals surface area contributed by atoms with E-state index in [0.29, 0.717) is 0 Å². The third-order valence-corrected chi connectivity index (χ3v) is 0.434. The third kappa shape index (κ3) is 1.98. The van der Waals surface area contributed by atoms with Crippen molar-refractivity contribution in [3.05, 3.63) is 0 Å². The highest BCUT2D eigenvalue weighted by Gasteiger charge is 1.85. The van der Waals surface area contributed by atoms with Crippen LogP contribution in [0.3, 0.4) is 0 Å². The summed E-state index contributed by atoms with van der Waals surface area (Å²) in [5.41, 5.74) is 1.57. The predicted molar refractivity (Wildman–Crippen MR) is 26.8 cm³/mol. The molecule has 0 spiro atoms. The van der Waals surface area contributed by atoms with E-state index in [0.717, 1.165) is 6.21 Å². The van der Waals surface area contributed by atoms with E-state index in [1.165, 1.54) is 0 Å². The molecule has 0 saturated carbocycles. The highest BCUT2D eigenvalue weighted by Crippen LogP contribution is 1.58. The molecular formula is C2H6N4O2. The molecule has 0 rings (SSSR count). The van der Waals surface area contributed by atoms with Crippen LogP contribution in [0, 0.1) is 0 Å². The first kappa shape index (κ1) is 6.70. The Balaban J connectivity index is 3.72. The predicted octanol–water partition coefficient (Wildman–Crippen LogP) is -1.30. The molecule has 0 radical (unpaired) electrons. The Morgan fingerprint density at radius 3 is 2.50 bits per heavy atom. The minimum Gasteiger partial charge on any atom is -0.411 e. The van der Waals surface area contributed by atoms with Crippen LogP contribution in [0.2, 0.25) is 0 Å². The van der Waals surface area contributed by atoms with Crippen molar-refractivity contribution in [2.24, 2.45) is 16.1 Å². The third-order valence-electron chi connectivity index (χ3n) is 0.434. The Morgan fingerprint density at radius 2 is 2.38 bits per heavy atom. The van der Waals surface area contributed by atoms with Crippen molar-refractivity contribution in [3.8, 4) is 0 Å². The van der Waals surface area contributed by atoms with Gasteiger partial charge in [0.1, 0.15) is 6.21 Å². The highest BCUT2D eigenvalue weighted by atomic mass is 16.5. The Hall–Kier alpha value is -1.30. The Bertz CT molecular complexity index is 106. The van der Waals surface area contributed by atoms with Crippen LogP contribution in [-0.4, -0.2) is 22.5 Å². The molecule has 0 unspecified atom stereocenters. The summed E-state index contributed by atoms with van der Waals surface area (Å²) in [5, 5.41) is 21.2. The van der Waals surface area contributed by atoms with E-state index in [2.05, 4.69) is 16.1 Å². The summed E-state index contributed by atoms with van der Waals surface area (Å²) in [5.74, 6) is 4.51. The van der Waals surface area contributed by atoms with E-state index in [1.807, 2.05) is 0 Å². The molecule has 6 nitrogen and oxygen atoms in total. The minimum absolute atomic E-state index is 0.118. The Kier molecular flexibility index (Phi) is 3.25. The van der Waals surface area contributed by atoms with Gasteiger partial charge in [-0.3, -0.25) is 5.21 Å². The molecule has 6 heteroatoms. The van der Waals surface area contributed by atoms with Gasteiger partial charge < -0.3 is 11.0 Å². The zero-order chi connectivity index (χ0) is 6.41. The van der Waals surface area contributed by atoms with Gasteiger partial charge in [-0.1, -0.05) is 5.16 Å². The molecular weight excluding hydrogens is 112 g/mol. The fourth-order valence-corrected chi connectivity index (χ4v) is 0.146. The van der Waals surface area contributed by atoms with E-state index in [1.54, 1.807) is 5.48 Å². The largest absolute Gasteiger partial charge is 0.411 e. The van der Waals surface area contributed by atoms with Gasteiger partial charge in [0.05, 0.1) is 0 Å². The van der Waals surface area contributed by atoms with Crippen LogP contribution in [0.4, 0.5) is 0 Å². The summed E-state index contributed by atoms with van der Waals surface area (Å²) < 4.78 is 0. The van der Waals surface area contributed by atoms with Gasteiger partial charge in [-0.15, -0.1) is 0 Å². The Labute approximate surface area is 45.3 Å². The maximum absolute atomic E-state index is 7.99. The maximum atomic E-state index is 7.99. The SMILES string of the molecule is N/N=C(/C=N/O)NO. The number of hydrogen-bond donors (Lipinski definition) is 4. The number of oxime groups is 1. The van der Waals surface area contributed by atoms with Crippen molar-refractivity contribution in [2.75, 3.05) is 0 Å². The Morgan fingerprint density at radius 1 is 1.75 bits per heavy atom. The topological polar surface area (TPSA) is 103 Å². The molecule has 0 saturated heterocycles. The van der Waals surface area contributed by atoms with E-state index >= 15 is 0 Å². The maximum Gasteiger partial charge on any atom is 0.190 e. The quantitative estimate of drug-likeness (QED) is 0.113. The lowest BCUT2D eigenvalue weighted by Crippen LogP contribution is -2.21. The number of nitrogens with one attached hydrogen (secondary N) is 1. The van der Waals surface area contributed by atoms with E-state index in [4.69, 9.17) is 10.4 Å². The van der Waals surface area contributed by atoms with Crippen molar-refractivity contribution < 1.29 is 10.4 Å². The van der Waals surface area contributed by atoms with Crippen molar-refractivity contribution in [3.63, 3.8) is 0 Å². The molecule has 0 atom stereocenters. The summed E-state index contributed by atoms with van der Waals surface area (Å²) in [6.45, 7) is 0. The van der Waals surface area contributed by atoms with Gasteiger partial charge in [0.25, 0.3) is 0 Å². The fourth-order valence-electron chi connectivity index (χ4n) is 0.146. The van der Waals surface area contributed by atoms with Crippen molar-refractivity contribution >= 4 is 12.1 Å². The lowest BCUT2D eigenvalue weighted by atomic mass is 10.7. The van der Waals surface area contributed by atoms with E-state index in [-0.39, 0.29) is 5.84 Å². The van der Waals surface area contributed by atoms with Gasteiger partial charge in [0, 0.05) is 0 Å². The van der Waals surface area contributed by atoms with E-state index < -0.39 is 0 Å². The number of amidine groups is 1. The molecule has 0 aromatic heterocycles. The fraction of sp³-hybridized carbons (Fsp3) is 0. The van der Waals surface area contributed by atoms with Gasteiger partial charge in [0.15, 0.2) is 5.84 Å². The van der Waals surface area contributed by atoms with Crippen LogP contribution in [-0.2, 0) is 0 Å². The van der Waals surface area contributed by atoms with Crippen LogP contribution in [0.5, 0.6) is 0 Å². The summed E-state index contributed by atoms with van der Waals surface area (Å²) in [7, 11) is 0. The van der Waals surface area contributed by atoms with Crippen molar-refractivity contribution in [2.45, 2.75) is 0 Å². The molecule has 0 aromatic rings. The molecule has 0 amide bonds. The summed E-state index contributed by atoms with van der Waals surface area (Å²) in [6.07, 6.45) is 0.847. The van der Waals surface area contributed by atoms with Gasteiger partial charge in [-0.25, -0.2) is 5.48 Å². The number of hydroxylamine groups is 1. The van der Waals surface area contributed by atoms with Crippen LogP contribution >= 0.6 is 0 Å². The first-order valence-corrected chi connectivity index (χ1v) is 1.70. The zero-order valence-corrected chi connectivity index (χ0v) is 3.94. The first-order valence-electron chi connectivity index (χ1n) is 1.70. The molecule has 46 valence electrons. The van der Waals surface area contributed by atoms with Crippen LogP contribution in [0.1, 0.15) is 0 Å². The van der Waals surface area contributed by atoms with E-state index in [9.17, 15) is 0 Å². The molecule has 8 heavy (non-hydrogen) atoms. The average Bonchev–Trinajstić information content (AvgIpc) is 1.83. The second kappa shape index (κ2) is 3.88. The van der Waals surface area contributed by atoms with Crippen LogP contribution in [0.25, 0.3) is 0 Å². The van der Waals surface area contributed by atoms with Gasteiger partial charge in [0.2, 0.25) is 0 Å². The van der Waals surface area contributed by atoms with Gasteiger partial charge in [-0.05, 0) is 0 Å². The number of hydrogen-bond acceptors (Lipinski definition) is 5. The summed E-state index contributed by atoms with van der Waals surface area (Å²) in [6, 6.07) is 0. The second-order valence-corrected chi connectivity index (χ2v) is 0.871. The van der Waals surface area contributed by atoms with Crippen LogP contribution in [0.15, 0.2) is 10.3 Å². The summed E-state index contributed by atoms with van der Waals surface area (Å²) >= 11 is 0. The first-order chi connectivity index (χ1) is 3.85. The molecule has 0 aliphatic carbocycles. The monoisotopic (exact) mass is 118 g/mol. The van der Waals surface area contributed by atoms with Gasteiger partial charge in [-0.2, -0.15) is 5.10 Å². The lowest BCUT2D eigenvalue weighted by molar-refractivity contribution is 0.236. The molecule has 0 fully saturated rings. The average molecular weight is 118 g/mol. The second-order valence-electron chi connectivity index (χ2n) is 0.871. The van der Waals surface area contributed by atoms with Gasteiger partial charge >= 0.3 is 0 Å². The van der Waals surface area contributed by atoms with Crippen molar-refractivity contribution in [1.29, 1.82) is 0 Å². The van der Waals surface area contributed by atoms with Crippen molar-refractivity contribution in [1.82, 2.24) is 5.48 Å². The summed E-state index contributed by atoms with van der Waals surface area (Å²) in [4.78, 5) is 0. The lowest BCUT2D eigenvalue weighted by Gasteiger charge is -1.89. The number of nitrogens with two attached hydrogens (primary N) is 1. The standard InChI is InChI=1S/C2H6N4O2/c3-5-2(6-8)1-4-7/h1,7-8H,3H2,(H,5,6)/b4-1+. The smallest absolute Gasteiger partial charge is 0.190 e. The number of hydrazone groups is 1. The minimum atomic E-state index is -0.118. The molecule has 0 aliphatic heterocycles. The number of nitrogens with zero attached hydrogens (tertiary/aromatic N) is 2. The highest BCUT2D eigenvalue weighted by molar-refractivity contribution is 6.28. The van der Waals surface area contributed by atoms with Crippen LogP contribution < -0.4 is 11.3 Å². The molecule has 5 N–H and O–H groups in total. The normalized spacial score (nSPS) is 12.4. The molecule has 0 heterocycles. The molecule has 0 aromatic carbocycles.